The van der Waals surface area contributed by atoms with Gasteiger partial charge < -0.3 is 10.1 Å². The second-order valence-corrected chi connectivity index (χ2v) is 5.61. The van der Waals surface area contributed by atoms with Gasteiger partial charge in [0.05, 0.1) is 18.4 Å². The molecule has 3 heteroatoms. The summed E-state index contributed by atoms with van der Waals surface area (Å²) in [7, 11) is 0. The zero-order chi connectivity index (χ0) is 14.3. The minimum Gasteiger partial charge on any atom is -0.372 e. The number of nitrogens with zero attached hydrogens (tertiary/aromatic N) is 1. The molecule has 0 unspecified atom stereocenters. The van der Waals surface area contributed by atoms with Gasteiger partial charge in [0, 0.05) is 18.7 Å². The average Bonchev–Trinajstić information content (AvgIpc) is 2.56. The number of ether oxygens (including phenoxy) is 1. The van der Waals surface area contributed by atoms with E-state index < -0.39 is 0 Å². The van der Waals surface area contributed by atoms with Crippen LogP contribution in [0.2, 0.25) is 0 Å². The Labute approximate surface area is 126 Å². The van der Waals surface area contributed by atoms with Crippen LogP contribution in [-0.2, 0) is 17.8 Å². The van der Waals surface area contributed by atoms with E-state index in [2.05, 4.69) is 40.6 Å². The predicted octanol–water partition coefficient (Wildman–Crippen LogP) is 2.82. The Bertz CT molecular complexity index is 529. The topological polar surface area (TPSA) is 34.1 Å². The lowest BCUT2D eigenvalue weighted by Gasteiger charge is -2.32. The Balaban J connectivity index is 1.59. The van der Waals surface area contributed by atoms with Gasteiger partial charge in [-0.05, 0) is 37.1 Å². The zero-order valence-electron chi connectivity index (χ0n) is 12.2. The summed E-state index contributed by atoms with van der Waals surface area (Å²) in [6, 6.07) is 16.6. The molecule has 0 radical (unpaired) electrons. The maximum absolute atomic E-state index is 6.15. The van der Waals surface area contributed by atoms with Crippen molar-refractivity contribution in [3.8, 4) is 0 Å². The normalized spacial score (nSPS) is 22.1. The summed E-state index contributed by atoms with van der Waals surface area (Å²) in [6.07, 6.45) is 4.28. The Morgan fingerprint density at radius 2 is 1.95 bits per heavy atom. The molecule has 3 nitrogen and oxygen atoms in total. The lowest BCUT2D eigenvalue weighted by atomic mass is 9.89. The summed E-state index contributed by atoms with van der Waals surface area (Å²) < 4.78 is 6.15. The quantitative estimate of drug-likeness (QED) is 0.915. The molecule has 110 valence electrons. The third kappa shape index (κ3) is 4.13. The summed E-state index contributed by atoms with van der Waals surface area (Å²) in [5, 5.41) is 3.49. The zero-order valence-corrected chi connectivity index (χ0v) is 12.2. The van der Waals surface area contributed by atoms with Crippen molar-refractivity contribution < 1.29 is 4.74 Å². The third-order valence-electron chi connectivity index (χ3n) is 4.05. The van der Waals surface area contributed by atoms with E-state index in [0.29, 0.717) is 18.6 Å². The lowest BCUT2D eigenvalue weighted by molar-refractivity contribution is -0.0164. The molecule has 0 bridgehead atoms. The van der Waals surface area contributed by atoms with Gasteiger partial charge in [0.15, 0.2) is 0 Å². The highest BCUT2D eigenvalue weighted by Gasteiger charge is 2.25. The highest BCUT2D eigenvalue weighted by molar-refractivity contribution is 5.15. The molecular weight excluding hydrogens is 260 g/mol. The molecular formula is C18H22N2O. The van der Waals surface area contributed by atoms with Crippen molar-refractivity contribution in [2.45, 2.75) is 25.6 Å². The maximum atomic E-state index is 6.15. The molecule has 0 aliphatic carbocycles. The number of hydrogen-bond acceptors (Lipinski definition) is 3. The first-order valence-electron chi connectivity index (χ1n) is 7.68. The molecule has 1 aromatic carbocycles. The van der Waals surface area contributed by atoms with Crippen molar-refractivity contribution in [2.75, 3.05) is 13.1 Å². The van der Waals surface area contributed by atoms with Gasteiger partial charge in [0.1, 0.15) is 0 Å². The Morgan fingerprint density at radius 1 is 1.10 bits per heavy atom. The first-order chi connectivity index (χ1) is 10.4. The fourth-order valence-electron chi connectivity index (χ4n) is 2.91. The molecule has 1 aromatic heterocycles. The highest BCUT2D eigenvalue weighted by Crippen LogP contribution is 2.21. The van der Waals surface area contributed by atoms with E-state index in [1.54, 1.807) is 0 Å². The number of hydrogen-bond donors (Lipinski definition) is 1. The minimum absolute atomic E-state index is 0.313. The van der Waals surface area contributed by atoms with Crippen LogP contribution in [0, 0.1) is 5.92 Å². The van der Waals surface area contributed by atoms with Crippen molar-refractivity contribution in [2.24, 2.45) is 5.92 Å². The molecule has 1 aliphatic rings. The molecule has 1 fully saturated rings. The van der Waals surface area contributed by atoms with Crippen LogP contribution in [0.25, 0.3) is 0 Å². The van der Waals surface area contributed by atoms with Crippen molar-refractivity contribution in [1.29, 1.82) is 0 Å². The first kappa shape index (κ1) is 14.2. The minimum atomic E-state index is 0.313. The fourth-order valence-corrected chi connectivity index (χ4v) is 2.91. The van der Waals surface area contributed by atoms with Gasteiger partial charge in [0.25, 0.3) is 0 Å². The summed E-state index contributed by atoms with van der Waals surface area (Å²) in [5.74, 6) is 0.532. The first-order valence-corrected chi connectivity index (χ1v) is 7.68. The van der Waals surface area contributed by atoms with E-state index in [4.69, 9.17) is 4.74 Å². The Morgan fingerprint density at radius 3 is 2.76 bits per heavy atom. The van der Waals surface area contributed by atoms with Gasteiger partial charge in [-0.15, -0.1) is 0 Å². The number of benzene rings is 1. The molecule has 2 atom stereocenters. The largest absolute Gasteiger partial charge is 0.372 e. The van der Waals surface area contributed by atoms with E-state index in [9.17, 15) is 0 Å². The van der Waals surface area contributed by atoms with Crippen LogP contribution in [0.5, 0.6) is 0 Å². The lowest BCUT2D eigenvalue weighted by Crippen LogP contribution is -2.42. The van der Waals surface area contributed by atoms with E-state index in [-0.39, 0.29) is 0 Å². The number of nitrogens with one attached hydrogen (secondary N) is 1. The van der Waals surface area contributed by atoms with Crippen LogP contribution in [0.3, 0.4) is 0 Å². The molecule has 2 aromatic rings. The molecule has 1 N–H and O–H groups in total. The average molecular weight is 282 g/mol. The van der Waals surface area contributed by atoms with Crippen molar-refractivity contribution in [1.82, 2.24) is 10.3 Å². The number of piperidine rings is 1. The highest BCUT2D eigenvalue weighted by atomic mass is 16.5. The second kappa shape index (κ2) is 7.34. The monoisotopic (exact) mass is 282 g/mol. The van der Waals surface area contributed by atoms with E-state index in [1.807, 2.05) is 24.4 Å². The molecule has 0 amide bonds. The molecule has 2 heterocycles. The third-order valence-corrected chi connectivity index (χ3v) is 4.05. The summed E-state index contributed by atoms with van der Waals surface area (Å²) in [4.78, 5) is 4.33. The van der Waals surface area contributed by atoms with Crippen molar-refractivity contribution >= 4 is 0 Å². The molecule has 21 heavy (non-hydrogen) atoms. The van der Waals surface area contributed by atoms with Crippen LogP contribution < -0.4 is 5.32 Å². The van der Waals surface area contributed by atoms with Gasteiger partial charge >= 0.3 is 0 Å². The maximum Gasteiger partial charge on any atom is 0.0891 e. The van der Waals surface area contributed by atoms with Crippen LogP contribution >= 0.6 is 0 Å². The van der Waals surface area contributed by atoms with Crippen LogP contribution in [0.15, 0.2) is 54.7 Å². The predicted molar refractivity (Wildman–Crippen MR) is 83.9 cm³/mol. The van der Waals surface area contributed by atoms with Gasteiger partial charge in [-0.3, -0.25) is 4.98 Å². The summed E-state index contributed by atoms with van der Waals surface area (Å²) in [5.41, 5.74) is 2.40. The van der Waals surface area contributed by atoms with Gasteiger partial charge in [0.2, 0.25) is 0 Å². The van der Waals surface area contributed by atoms with Crippen LogP contribution in [0.1, 0.15) is 17.7 Å². The van der Waals surface area contributed by atoms with Gasteiger partial charge in [-0.2, -0.15) is 0 Å². The van der Waals surface area contributed by atoms with E-state index in [0.717, 1.165) is 31.6 Å². The smallest absolute Gasteiger partial charge is 0.0891 e. The Kier molecular flexibility index (Phi) is 4.98. The SMILES string of the molecule is c1ccc(C[C@@H]2CNCC[C@H]2OCc2ccccn2)cc1. The molecule has 1 aliphatic heterocycles. The summed E-state index contributed by atoms with van der Waals surface area (Å²) in [6.45, 7) is 2.68. The molecule has 0 spiro atoms. The van der Waals surface area contributed by atoms with Gasteiger partial charge in [-0.25, -0.2) is 0 Å². The number of rotatable bonds is 5. The van der Waals surface area contributed by atoms with E-state index >= 15 is 0 Å². The number of aromatic nitrogens is 1. The number of pyridine rings is 1. The second-order valence-electron chi connectivity index (χ2n) is 5.61. The Hall–Kier alpha value is -1.71. The molecule has 0 saturated carbocycles. The van der Waals surface area contributed by atoms with Gasteiger partial charge in [-0.1, -0.05) is 36.4 Å². The molecule has 1 saturated heterocycles. The van der Waals surface area contributed by atoms with Crippen molar-refractivity contribution in [3.63, 3.8) is 0 Å². The standard InChI is InChI=1S/C18H22N2O/c1-2-6-15(7-3-1)12-16-13-19-11-9-18(16)21-14-17-8-4-5-10-20-17/h1-8,10,16,18-19H,9,11-14H2/t16-,18-/m1/s1. The van der Waals surface area contributed by atoms with Crippen molar-refractivity contribution in [3.05, 3.63) is 66.0 Å². The molecule has 3 rings (SSSR count). The fraction of sp³-hybridized carbons (Fsp3) is 0.389. The van der Waals surface area contributed by atoms with Crippen LogP contribution in [0.4, 0.5) is 0 Å². The summed E-state index contributed by atoms with van der Waals surface area (Å²) >= 11 is 0. The van der Waals surface area contributed by atoms with Crippen LogP contribution in [-0.4, -0.2) is 24.2 Å². The van der Waals surface area contributed by atoms with E-state index in [1.165, 1.54) is 5.56 Å².